The van der Waals surface area contributed by atoms with Gasteiger partial charge in [0.15, 0.2) is 5.69 Å². The van der Waals surface area contributed by atoms with Crippen LogP contribution >= 0.6 is 11.6 Å². The lowest BCUT2D eigenvalue weighted by atomic mass is 10.2. The number of amides is 2. The molecule has 0 fully saturated rings. The van der Waals surface area contributed by atoms with E-state index in [1.807, 2.05) is 6.92 Å². The van der Waals surface area contributed by atoms with Crippen molar-refractivity contribution in [3.05, 3.63) is 46.2 Å². The molecule has 0 aliphatic rings. The van der Waals surface area contributed by atoms with E-state index in [4.69, 9.17) is 17.3 Å². The first-order valence-electron chi connectivity index (χ1n) is 6.46. The summed E-state index contributed by atoms with van der Waals surface area (Å²) in [5.41, 5.74) is 6.98. The van der Waals surface area contributed by atoms with Crippen molar-refractivity contribution in [3.63, 3.8) is 0 Å². The van der Waals surface area contributed by atoms with Crippen LogP contribution in [0.2, 0.25) is 5.02 Å². The maximum absolute atomic E-state index is 12.1. The van der Waals surface area contributed by atoms with Gasteiger partial charge in [0, 0.05) is 11.4 Å². The van der Waals surface area contributed by atoms with Gasteiger partial charge in [0.25, 0.3) is 5.91 Å². The summed E-state index contributed by atoms with van der Waals surface area (Å²) in [5, 5.41) is 9.65. The smallest absolute Gasteiger partial charge is 0.276 e. The molecule has 2 aromatic rings. The van der Waals surface area contributed by atoms with Crippen LogP contribution in [0.15, 0.2) is 24.3 Å². The molecule has 4 N–H and O–H groups in total. The Hall–Kier alpha value is -2.34. The molecule has 1 aromatic heterocycles. The van der Waals surface area contributed by atoms with E-state index in [1.54, 1.807) is 12.1 Å². The summed E-state index contributed by atoms with van der Waals surface area (Å²) in [4.78, 5) is 23.3. The summed E-state index contributed by atoms with van der Waals surface area (Å²) in [7, 11) is 0. The number of carbonyl (C=O) groups excluding carboxylic acids is 2. The molecule has 2 amide bonds. The average Bonchev–Trinajstić information content (AvgIpc) is 2.90. The van der Waals surface area contributed by atoms with Crippen molar-refractivity contribution in [2.24, 2.45) is 5.73 Å². The van der Waals surface area contributed by atoms with Crippen LogP contribution in [0.3, 0.4) is 0 Å². The molecular weight excluding hydrogens is 292 g/mol. The lowest BCUT2D eigenvalue weighted by Crippen LogP contribution is -2.15. The monoisotopic (exact) mass is 306 g/mol. The first-order chi connectivity index (χ1) is 10.0. The molecule has 110 valence electrons. The van der Waals surface area contributed by atoms with Crippen molar-refractivity contribution in [2.45, 2.75) is 19.8 Å². The molecule has 0 atom stereocenters. The zero-order chi connectivity index (χ0) is 15.4. The van der Waals surface area contributed by atoms with Gasteiger partial charge in [-0.15, -0.1) is 0 Å². The van der Waals surface area contributed by atoms with Gasteiger partial charge in [-0.3, -0.25) is 14.7 Å². The standard InChI is InChI=1S/C14H15ClN4O2/c1-2-3-9-7-12(19-18-9)14(21)17-8-4-5-11(15)10(6-8)13(16)20/h4-7H,2-3H2,1H3,(H2,16,20)(H,17,21)(H,18,19). The topological polar surface area (TPSA) is 101 Å². The molecule has 2 rings (SSSR count). The Morgan fingerprint density at radius 1 is 1.38 bits per heavy atom. The maximum Gasteiger partial charge on any atom is 0.276 e. The quantitative estimate of drug-likeness (QED) is 0.790. The van der Waals surface area contributed by atoms with E-state index in [-0.39, 0.29) is 22.2 Å². The number of anilines is 1. The number of carbonyl (C=O) groups is 2. The molecule has 0 saturated heterocycles. The van der Waals surface area contributed by atoms with E-state index in [0.717, 1.165) is 18.5 Å². The number of halogens is 1. The highest BCUT2D eigenvalue weighted by atomic mass is 35.5. The molecule has 0 aliphatic carbocycles. The third-order valence-electron chi connectivity index (χ3n) is 2.87. The number of H-pyrrole nitrogens is 1. The molecule has 0 unspecified atom stereocenters. The summed E-state index contributed by atoms with van der Waals surface area (Å²) >= 11 is 5.85. The molecule has 0 radical (unpaired) electrons. The summed E-state index contributed by atoms with van der Waals surface area (Å²) in [6, 6.07) is 6.22. The summed E-state index contributed by atoms with van der Waals surface area (Å²) in [5.74, 6) is -1.02. The number of hydrogen-bond donors (Lipinski definition) is 3. The van der Waals surface area contributed by atoms with E-state index >= 15 is 0 Å². The van der Waals surface area contributed by atoms with E-state index in [9.17, 15) is 9.59 Å². The highest BCUT2D eigenvalue weighted by Gasteiger charge is 2.13. The molecular formula is C14H15ClN4O2. The van der Waals surface area contributed by atoms with Gasteiger partial charge in [-0.2, -0.15) is 5.10 Å². The normalized spacial score (nSPS) is 10.4. The minimum absolute atomic E-state index is 0.156. The number of nitrogens with zero attached hydrogens (tertiary/aromatic N) is 1. The van der Waals surface area contributed by atoms with Crippen LogP contribution < -0.4 is 11.1 Å². The minimum atomic E-state index is -0.652. The predicted octanol–water partition coefficient (Wildman–Crippen LogP) is 2.37. The summed E-state index contributed by atoms with van der Waals surface area (Å²) in [6.45, 7) is 2.04. The van der Waals surface area contributed by atoms with Crippen LogP contribution in [-0.4, -0.2) is 22.0 Å². The average molecular weight is 307 g/mol. The Bertz CT molecular complexity index is 681. The number of nitrogens with two attached hydrogens (primary N) is 1. The van der Waals surface area contributed by atoms with Gasteiger partial charge in [0.05, 0.1) is 10.6 Å². The van der Waals surface area contributed by atoms with E-state index in [2.05, 4.69) is 15.5 Å². The fourth-order valence-electron chi connectivity index (χ4n) is 1.86. The van der Waals surface area contributed by atoms with Crippen molar-refractivity contribution in [1.82, 2.24) is 10.2 Å². The lowest BCUT2D eigenvalue weighted by molar-refractivity contribution is 0.0995. The first kappa shape index (κ1) is 15.1. The second-order valence-corrected chi connectivity index (χ2v) is 4.95. The summed E-state index contributed by atoms with van der Waals surface area (Å²) in [6.07, 6.45) is 1.79. The Morgan fingerprint density at radius 3 is 2.81 bits per heavy atom. The van der Waals surface area contributed by atoms with Gasteiger partial charge >= 0.3 is 0 Å². The molecule has 0 spiro atoms. The molecule has 1 aromatic carbocycles. The van der Waals surface area contributed by atoms with Gasteiger partial charge in [0.2, 0.25) is 5.91 Å². The minimum Gasteiger partial charge on any atom is -0.366 e. The van der Waals surface area contributed by atoms with E-state index in [0.29, 0.717) is 5.69 Å². The molecule has 1 heterocycles. The van der Waals surface area contributed by atoms with Gasteiger partial charge < -0.3 is 11.1 Å². The third kappa shape index (κ3) is 3.61. The van der Waals surface area contributed by atoms with Crippen molar-refractivity contribution in [1.29, 1.82) is 0 Å². The number of aryl methyl sites for hydroxylation is 1. The highest BCUT2D eigenvalue weighted by Crippen LogP contribution is 2.20. The van der Waals surface area contributed by atoms with Crippen molar-refractivity contribution in [2.75, 3.05) is 5.32 Å². The number of nitrogens with one attached hydrogen (secondary N) is 2. The number of benzene rings is 1. The van der Waals surface area contributed by atoms with Gasteiger partial charge in [-0.05, 0) is 30.7 Å². The summed E-state index contributed by atoms with van der Waals surface area (Å²) < 4.78 is 0. The fourth-order valence-corrected chi connectivity index (χ4v) is 2.07. The van der Waals surface area contributed by atoms with Crippen LogP contribution in [0.1, 0.15) is 39.9 Å². The number of hydrogen-bond acceptors (Lipinski definition) is 3. The molecule has 21 heavy (non-hydrogen) atoms. The number of aromatic amines is 1. The Kier molecular flexibility index (Phi) is 4.59. The van der Waals surface area contributed by atoms with Crippen LogP contribution in [0.4, 0.5) is 5.69 Å². The van der Waals surface area contributed by atoms with Crippen LogP contribution in [-0.2, 0) is 6.42 Å². The second-order valence-electron chi connectivity index (χ2n) is 4.54. The largest absolute Gasteiger partial charge is 0.366 e. The van der Waals surface area contributed by atoms with Crippen LogP contribution in [0, 0.1) is 0 Å². The number of primary amides is 1. The highest BCUT2D eigenvalue weighted by molar-refractivity contribution is 6.34. The third-order valence-corrected chi connectivity index (χ3v) is 3.20. The zero-order valence-corrected chi connectivity index (χ0v) is 12.2. The Balaban J connectivity index is 2.15. The number of aromatic nitrogens is 2. The van der Waals surface area contributed by atoms with Crippen molar-refractivity contribution < 1.29 is 9.59 Å². The first-order valence-corrected chi connectivity index (χ1v) is 6.84. The van der Waals surface area contributed by atoms with Crippen molar-refractivity contribution in [3.8, 4) is 0 Å². The molecule has 0 bridgehead atoms. The van der Waals surface area contributed by atoms with Crippen molar-refractivity contribution >= 4 is 29.1 Å². The predicted molar refractivity (Wildman–Crippen MR) is 80.5 cm³/mol. The van der Waals surface area contributed by atoms with Gasteiger partial charge in [-0.1, -0.05) is 24.9 Å². The van der Waals surface area contributed by atoms with Crippen LogP contribution in [0.25, 0.3) is 0 Å². The number of rotatable bonds is 5. The molecule has 6 nitrogen and oxygen atoms in total. The lowest BCUT2D eigenvalue weighted by Gasteiger charge is -2.06. The SMILES string of the molecule is CCCc1cc(C(=O)Nc2ccc(Cl)c(C(N)=O)c2)n[nH]1. The van der Waals surface area contributed by atoms with E-state index in [1.165, 1.54) is 12.1 Å². The Morgan fingerprint density at radius 2 is 2.14 bits per heavy atom. The maximum atomic E-state index is 12.1. The van der Waals surface area contributed by atoms with Gasteiger partial charge in [0.1, 0.15) is 0 Å². The van der Waals surface area contributed by atoms with Crippen LogP contribution in [0.5, 0.6) is 0 Å². The zero-order valence-electron chi connectivity index (χ0n) is 11.4. The van der Waals surface area contributed by atoms with Gasteiger partial charge in [-0.25, -0.2) is 0 Å². The molecule has 7 heteroatoms. The Labute approximate surface area is 126 Å². The molecule has 0 saturated carbocycles. The second kappa shape index (κ2) is 6.41. The molecule has 0 aliphatic heterocycles. The fraction of sp³-hybridized carbons (Fsp3) is 0.214. The van der Waals surface area contributed by atoms with E-state index < -0.39 is 5.91 Å².